The summed E-state index contributed by atoms with van der Waals surface area (Å²) in [5.74, 6) is -0.0190. The lowest BCUT2D eigenvalue weighted by Gasteiger charge is -2.18. The van der Waals surface area contributed by atoms with Gasteiger partial charge in [-0.3, -0.25) is 4.79 Å². The molecule has 0 bridgehead atoms. The first-order valence-electron chi connectivity index (χ1n) is 6.25. The molecule has 2 atom stereocenters. The van der Waals surface area contributed by atoms with E-state index in [2.05, 4.69) is 10.6 Å². The number of anilines is 1. The third-order valence-electron chi connectivity index (χ3n) is 2.75. The summed E-state index contributed by atoms with van der Waals surface area (Å²) in [6.45, 7) is 5.86. The maximum absolute atomic E-state index is 11.8. The van der Waals surface area contributed by atoms with Gasteiger partial charge in [0, 0.05) is 24.2 Å². The Bertz CT molecular complexity index is 393. The molecular weight excluding hydrogens is 228 g/mol. The first kappa shape index (κ1) is 14.7. The summed E-state index contributed by atoms with van der Waals surface area (Å²) in [7, 11) is 0. The third kappa shape index (κ3) is 4.85. The van der Waals surface area contributed by atoms with Crippen molar-refractivity contribution < 1.29 is 9.90 Å². The smallest absolute Gasteiger partial charge is 0.225 e. The number of rotatable bonds is 6. The largest absolute Gasteiger partial charge is 0.395 e. The maximum atomic E-state index is 11.8. The second-order valence-corrected chi connectivity index (χ2v) is 4.72. The number of hydrogen-bond donors (Lipinski definition) is 3. The fourth-order valence-corrected chi connectivity index (χ4v) is 1.79. The highest BCUT2D eigenvalue weighted by molar-refractivity contribution is 5.91. The van der Waals surface area contributed by atoms with E-state index in [9.17, 15) is 4.79 Å². The Morgan fingerprint density at radius 1 is 1.28 bits per heavy atom. The van der Waals surface area contributed by atoms with Crippen molar-refractivity contribution in [3.05, 3.63) is 29.8 Å². The van der Waals surface area contributed by atoms with Gasteiger partial charge in [0.25, 0.3) is 0 Å². The molecule has 100 valence electrons. The Kier molecular flexibility index (Phi) is 5.82. The van der Waals surface area contributed by atoms with Gasteiger partial charge in [-0.05, 0) is 32.4 Å². The summed E-state index contributed by atoms with van der Waals surface area (Å²) in [6.07, 6.45) is 0.388. The molecule has 1 aromatic carbocycles. The fraction of sp³-hybridized carbons (Fsp3) is 0.500. The normalized spacial score (nSPS) is 14.0. The van der Waals surface area contributed by atoms with Gasteiger partial charge in [-0.2, -0.15) is 0 Å². The molecule has 3 N–H and O–H groups in total. The molecule has 0 saturated heterocycles. The summed E-state index contributed by atoms with van der Waals surface area (Å²) in [5.41, 5.74) is 1.90. The van der Waals surface area contributed by atoms with Crippen LogP contribution in [0.2, 0.25) is 0 Å². The molecule has 18 heavy (non-hydrogen) atoms. The van der Waals surface area contributed by atoms with Gasteiger partial charge < -0.3 is 15.7 Å². The second-order valence-electron chi connectivity index (χ2n) is 4.72. The summed E-state index contributed by atoms with van der Waals surface area (Å²) in [6, 6.07) is 7.74. The van der Waals surface area contributed by atoms with E-state index in [4.69, 9.17) is 5.11 Å². The van der Waals surface area contributed by atoms with Gasteiger partial charge in [-0.15, -0.1) is 0 Å². The Morgan fingerprint density at radius 2 is 1.94 bits per heavy atom. The molecule has 4 nitrogen and oxygen atoms in total. The van der Waals surface area contributed by atoms with Crippen LogP contribution < -0.4 is 10.6 Å². The van der Waals surface area contributed by atoms with Crippen LogP contribution in [0.3, 0.4) is 0 Å². The number of amides is 1. The molecule has 1 rings (SSSR count). The van der Waals surface area contributed by atoms with E-state index in [1.807, 2.05) is 45.0 Å². The average molecular weight is 250 g/mol. The molecule has 0 aliphatic rings. The van der Waals surface area contributed by atoms with Crippen molar-refractivity contribution in [2.75, 3.05) is 11.9 Å². The Balaban J connectivity index is 2.45. The molecule has 0 heterocycles. The highest BCUT2D eigenvalue weighted by Gasteiger charge is 2.11. The number of hydrogen-bond acceptors (Lipinski definition) is 3. The molecule has 4 heteroatoms. The zero-order chi connectivity index (χ0) is 13.5. The summed E-state index contributed by atoms with van der Waals surface area (Å²) < 4.78 is 0. The number of para-hydroxylation sites is 1. The molecule has 0 fully saturated rings. The van der Waals surface area contributed by atoms with Crippen LogP contribution in [0.5, 0.6) is 0 Å². The van der Waals surface area contributed by atoms with Crippen LogP contribution in [0.1, 0.15) is 25.8 Å². The molecule has 0 saturated carbocycles. The van der Waals surface area contributed by atoms with Crippen molar-refractivity contribution >= 4 is 11.6 Å². The Labute approximate surface area is 108 Å². The number of aliphatic hydroxyl groups is 1. The van der Waals surface area contributed by atoms with Crippen molar-refractivity contribution in [1.82, 2.24) is 5.32 Å². The predicted octanol–water partition coefficient (Wildman–Crippen LogP) is 1.68. The maximum Gasteiger partial charge on any atom is 0.225 e. The zero-order valence-corrected chi connectivity index (χ0v) is 11.2. The Morgan fingerprint density at radius 3 is 2.56 bits per heavy atom. The lowest BCUT2D eigenvalue weighted by atomic mass is 10.1. The van der Waals surface area contributed by atoms with E-state index in [0.717, 1.165) is 11.3 Å². The average Bonchev–Trinajstić information content (AvgIpc) is 2.31. The van der Waals surface area contributed by atoms with Crippen LogP contribution in [-0.4, -0.2) is 29.7 Å². The van der Waals surface area contributed by atoms with Crippen LogP contribution in [-0.2, 0) is 4.79 Å². The third-order valence-corrected chi connectivity index (χ3v) is 2.75. The zero-order valence-electron chi connectivity index (χ0n) is 11.2. The molecule has 1 aromatic rings. The minimum absolute atomic E-state index is 0.00580. The first-order valence-corrected chi connectivity index (χ1v) is 6.25. The van der Waals surface area contributed by atoms with Crippen LogP contribution in [0.4, 0.5) is 5.69 Å². The first-order chi connectivity index (χ1) is 8.52. The Hall–Kier alpha value is -1.39. The highest BCUT2D eigenvalue weighted by Crippen LogP contribution is 2.13. The van der Waals surface area contributed by atoms with E-state index < -0.39 is 0 Å². The van der Waals surface area contributed by atoms with E-state index in [1.165, 1.54) is 0 Å². The summed E-state index contributed by atoms with van der Waals surface area (Å²) in [5, 5.41) is 15.0. The lowest BCUT2D eigenvalue weighted by molar-refractivity contribution is -0.116. The molecule has 0 aliphatic carbocycles. The predicted molar refractivity (Wildman–Crippen MR) is 73.6 cm³/mol. The number of carbonyl (C=O) groups is 1. The molecule has 1 amide bonds. The van der Waals surface area contributed by atoms with Crippen LogP contribution in [0.25, 0.3) is 0 Å². The number of aryl methyl sites for hydroxylation is 1. The number of benzene rings is 1. The van der Waals surface area contributed by atoms with E-state index in [1.54, 1.807) is 0 Å². The SMILES string of the molecule is Cc1ccccc1NC(=O)CC(C)N[C@H](C)CO. The van der Waals surface area contributed by atoms with Crippen molar-refractivity contribution in [2.24, 2.45) is 0 Å². The van der Waals surface area contributed by atoms with E-state index in [0.29, 0.717) is 6.42 Å². The van der Waals surface area contributed by atoms with Gasteiger partial charge in [0.2, 0.25) is 5.91 Å². The lowest BCUT2D eigenvalue weighted by Crippen LogP contribution is -2.38. The second kappa shape index (κ2) is 7.13. The number of nitrogens with one attached hydrogen (secondary N) is 2. The standard InChI is InChI=1S/C14H22N2O2/c1-10-6-4-5-7-13(10)16-14(18)8-11(2)15-12(3)9-17/h4-7,11-12,15,17H,8-9H2,1-3H3,(H,16,18)/t11?,12-/m1/s1. The number of carbonyl (C=O) groups excluding carboxylic acids is 1. The molecule has 1 unspecified atom stereocenters. The highest BCUT2D eigenvalue weighted by atomic mass is 16.3. The number of aliphatic hydroxyl groups excluding tert-OH is 1. The monoisotopic (exact) mass is 250 g/mol. The minimum Gasteiger partial charge on any atom is -0.395 e. The van der Waals surface area contributed by atoms with Crippen LogP contribution >= 0.6 is 0 Å². The van der Waals surface area contributed by atoms with Crippen LogP contribution in [0.15, 0.2) is 24.3 Å². The van der Waals surface area contributed by atoms with Gasteiger partial charge in [0.05, 0.1) is 6.61 Å². The van der Waals surface area contributed by atoms with E-state index >= 15 is 0 Å². The fourth-order valence-electron chi connectivity index (χ4n) is 1.79. The quantitative estimate of drug-likeness (QED) is 0.720. The molecule has 0 aromatic heterocycles. The minimum atomic E-state index is -0.0190. The molecule has 0 radical (unpaired) electrons. The van der Waals surface area contributed by atoms with Gasteiger partial charge in [0.15, 0.2) is 0 Å². The van der Waals surface area contributed by atoms with Gasteiger partial charge >= 0.3 is 0 Å². The van der Waals surface area contributed by atoms with Crippen molar-refractivity contribution in [3.8, 4) is 0 Å². The van der Waals surface area contributed by atoms with Gasteiger partial charge in [-0.1, -0.05) is 18.2 Å². The van der Waals surface area contributed by atoms with Gasteiger partial charge in [0.1, 0.15) is 0 Å². The van der Waals surface area contributed by atoms with Gasteiger partial charge in [-0.25, -0.2) is 0 Å². The summed E-state index contributed by atoms with van der Waals surface area (Å²) in [4.78, 5) is 11.8. The molecule has 0 spiro atoms. The van der Waals surface area contributed by atoms with Crippen molar-refractivity contribution in [3.63, 3.8) is 0 Å². The topological polar surface area (TPSA) is 61.4 Å². The van der Waals surface area contributed by atoms with Crippen molar-refractivity contribution in [2.45, 2.75) is 39.3 Å². The molecular formula is C14H22N2O2. The molecule has 0 aliphatic heterocycles. The van der Waals surface area contributed by atoms with Crippen molar-refractivity contribution in [1.29, 1.82) is 0 Å². The van der Waals surface area contributed by atoms with Crippen LogP contribution in [0, 0.1) is 6.92 Å². The summed E-state index contributed by atoms with van der Waals surface area (Å²) >= 11 is 0. The van der Waals surface area contributed by atoms with E-state index in [-0.39, 0.29) is 24.6 Å².